The molecule has 1 unspecified atom stereocenters. The maximum Gasteiger partial charge on any atom is 0.0515 e. The van der Waals surface area contributed by atoms with Gasteiger partial charge in [-0.2, -0.15) is 0 Å². The van der Waals surface area contributed by atoms with E-state index in [-0.39, 0.29) is 6.04 Å². The molecule has 1 aromatic heterocycles. The highest BCUT2D eigenvalue weighted by Crippen LogP contribution is 2.26. The van der Waals surface area contributed by atoms with Crippen molar-refractivity contribution in [1.82, 2.24) is 4.57 Å². The Bertz CT molecular complexity index is 523. The standard InChI is InChI=1S/C16H24N2/c1-4-13-7-6-8-15-14(10-9-12(3)17)11-18(5-2)16(13)15/h6-8,11-12H,4-5,9-10,17H2,1-3H3. The molecule has 0 aliphatic rings. The molecule has 2 heteroatoms. The second kappa shape index (κ2) is 5.57. The molecule has 0 saturated heterocycles. The van der Waals surface area contributed by atoms with Crippen molar-refractivity contribution in [2.24, 2.45) is 5.73 Å². The van der Waals surface area contributed by atoms with Gasteiger partial charge in [0.15, 0.2) is 0 Å². The van der Waals surface area contributed by atoms with E-state index in [9.17, 15) is 0 Å². The molecule has 0 amide bonds. The predicted molar refractivity (Wildman–Crippen MR) is 79.0 cm³/mol. The number of rotatable bonds is 5. The van der Waals surface area contributed by atoms with E-state index in [0.717, 1.165) is 25.8 Å². The summed E-state index contributed by atoms with van der Waals surface area (Å²) in [6.45, 7) is 7.55. The second-order valence-electron chi connectivity index (χ2n) is 5.12. The monoisotopic (exact) mass is 244 g/mol. The van der Waals surface area contributed by atoms with Crippen LogP contribution in [0.1, 0.15) is 38.3 Å². The Morgan fingerprint density at radius 2 is 2.00 bits per heavy atom. The van der Waals surface area contributed by atoms with Crippen molar-refractivity contribution in [3.63, 3.8) is 0 Å². The Morgan fingerprint density at radius 1 is 1.22 bits per heavy atom. The normalized spacial score (nSPS) is 13.1. The molecule has 2 aromatic rings. The largest absolute Gasteiger partial charge is 0.347 e. The van der Waals surface area contributed by atoms with Crippen LogP contribution in [0.4, 0.5) is 0 Å². The van der Waals surface area contributed by atoms with Gasteiger partial charge in [0.2, 0.25) is 0 Å². The Kier molecular flexibility index (Phi) is 4.07. The summed E-state index contributed by atoms with van der Waals surface area (Å²) in [5.41, 5.74) is 10.2. The lowest BCUT2D eigenvalue weighted by Gasteiger charge is -2.05. The van der Waals surface area contributed by atoms with E-state index >= 15 is 0 Å². The van der Waals surface area contributed by atoms with Gasteiger partial charge in [0.05, 0.1) is 5.52 Å². The molecule has 0 spiro atoms. The van der Waals surface area contributed by atoms with Gasteiger partial charge in [-0.05, 0) is 44.2 Å². The molecular formula is C16H24N2. The van der Waals surface area contributed by atoms with Crippen LogP contribution in [0.5, 0.6) is 0 Å². The number of nitrogens with zero attached hydrogens (tertiary/aromatic N) is 1. The lowest BCUT2D eigenvalue weighted by molar-refractivity contribution is 0.665. The van der Waals surface area contributed by atoms with E-state index in [1.807, 2.05) is 0 Å². The number of fused-ring (bicyclic) bond motifs is 1. The lowest BCUT2D eigenvalue weighted by atomic mass is 10.0. The second-order valence-corrected chi connectivity index (χ2v) is 5.12. The van der Waals surface area contributed by atoms with Crippen LogP contribution in [-0.2, 0) is 19.4 Å². The topological polar surface area (TPSA) is 30.9 Å². The van der Waals surface area contributed by atoms with Crippen LogP contribution in [0.3, 0.4) is 0 Å². The first-order valence-corrected chi connectivity index (χ1v) is 7.02. The number of hydrogen-bond acceptors (Lipinski definition) is 1. The van der Waals surface area contributed by atoms with Crippen molar-refractivity contribution in [1.29, 1.82) is 0 Å². The lowest BCUT2D eigenvalue weighted by Crippen LogP contribution is -2.15. The van der Waals surface area contributed by atoms with E-state index in [1.165, 1.54) is 22.0 Å². The van der Waals surface area contributed by atoms with Crippen molar-refractivity contribution in [3.8, 4) is 0 Å². The first kappa shape index (κ1) is 13.2. The van der Waals surface area contributed by atoms with E-state index < -0.39 is 0 Å². The summed E-state index contributed by atoms with van der Waals surface area (Å²) in [6.07, 6.45) is 5.54. The number of aromatic nitrogens is 1. The Balaban J connectivity index is 2.48. The van der Waals surface area contributed by atoms with Gasteiger partial charge in [-0.25, -0.2) is 0 Å². The third-order valence-corrected chi connectivity index (χ3v) is 3.66. The Labute approximate surface area is 110 Å². The van der Waals surface area contributed by atoms with Crippen LogP contribution in [0.15, 0.2) is 24.4 Å². The molecule has 2 rings (SSSR count). The summed E-state index contributed by atoms with van der Waals surface area (Å²) < 4.78 is 2.38. The van der Waals surface area contributed by atoms with Gasteiger partial charge >= 0.3 is 0 Å². The third-order valence-electron chi connectivity index (χ3n) is 3.66. The van der Waals surface area contributed by atoms with E-state index in [2.05, 4.69) is 49.7 Å². The number of aryl methyl sites for hydroxylation is 3. The number of para-hydroxylation sites is 1. The molecule has 0 aliphatic carbocycles. The van der Waals surface area contributed by atoms with Crippen LogP contribution in [0.2, 0.25) is 0 Å². The van der Waals surface area contributed by atoms with Gasteiger partial charge in [0.1, 0.15) is 0 Å². The Morgan fingerprint density at radius 3 is 2.61 bits per heavy atom. The fourth-order valence-corrected chi connectivity index (χ4v) is 2.63. The smallest absolute Gasteiger partial charge is 0.0515 e. The summed E-state index contributed by atoms with van der Waals surface area (Å²) in [6, 6.07) is 6.94. The molecule has 1 atom stereocenters. The molecule has 0 fully saturated rings. The first-order chi connectivity index (χ1) is 8.67. The molecule has 98 valence electrons. The van der Waals surface area contributed by atoms with Crippen molar-refractivity contribution in [2.45, 2.75) is 52.6 Å². The van der Waals surface area contributed by atoms with Crippen LogP contribution in [0, 0.1) is 0 Å². The molecular weight excluding hydrogens is 220 g/mol. The van der Waals surface area contributed by atoms with E-state index in [0.29, 0.717) is 0 Å². The van der Waals surface area contributed by atoms with Crippen molar-refractivity contribution >= 4 is 10.9 Å². The Hall–Kier alpha value is -1.28. The quantitative estimate of drug-likeness (QED) is 0.857. The number of benzene rings is 1. The average molecular weight is 244 g/mol. The summed E-state index contributed by atoms with van der Waals surface area (Å²) in [5, 5.41) is 1.41. The number of nitrogens with two attached hydrogens (primary N) is 1. The van der Waals surface area contributed by atoms with Gasteiger partial charge < -0.3 is 10.3 Å². The van der Waals surface area contributed by atoms with Crippen molar-refractivity contribution < 1.29 is 0 Å². The maximum atomic E-state index is 5.87. The molecule has 1 aromatic carbocycles. The van der Waals surface area contributed by atoms with E-state index in [1.54, 1.807) is 0 Å². The molecule has 1 heterocycles. The minimum atomic E-state index is 0.277. The highest BCUT2D eigenvalue weighted by Gasteiger charge is 2.10. The van der Waals surface area contributed by atoms with Crippen LogP contribution in [0.25, 0.3) is 10.9 Å². The summed E-state index contributed by atoms with van der Waals surface area (Å²) in [4.78, 5) is 0. The van der Waals surface area contributed by atoms with Gasteiger partial charge in [-0.1, -0.05) is 25.1 Å². The highest BCUT2D eigenvalue weighted by molar-refractivity contribution is 5.87. The van der Waals surface area contributed by atoms with Gasteiger partial charge in [0.25, 0.3) is 0 Å². The predicted octanol–water partition coefficient (Wildman–Crippen LogP) is 3.50. The zero-order valence-electron chi connectivity index (χ0n) is 11.7. The molecule has 0 aliphatic heterocycles. The molecule has 2 N–H and O–H groups in total. The van der Waals surface area contributed by atoms with Gasteiger partial charge in [0, 0.05) is 24.2 Å². The van der Waals surface area contributed by atoms with Gasteiger partial charge in [-0.15, -0.1) is 0 Å². The molecule has 2 nitrogen and oxygen atoms in total. The van der Waals surface area contributed by atoms with Crippen LogP contribution >= 0.6 is 0 Å². The third kappa shape index (κ3) is 2.44. The van der Waals surface area contributed by atoms with Crippen molar-refractivity contribution in [3.05, 3.63) is 35.5 Å². The zero-order chi connectivity index (χ0) is 13.1. The molecule has 0 bridgehead atoms. The SMILES string of the molecule is CCc1cccc2c(CCC(C)N)cn(CC)c12. The van der Waals surface area contributed by atoms with E-state index in [4.69, 9.17) is 5.73 Å². The maximum absolute atomic E-state index is 5.87. The molecule has 0 saturated carbocycles. The van der Waals surface area contributed by atoms with Gasteiger partial charge in [-0.3, -0.25) is 0 Å². The summed E-state index contributed by atoms with van der Waals surface area (Å²) >= 11 is 0. The fourth-order valence-electron chi connectivity index (χ4n) is 2.63. The zero-order valence-corrected chi connectivity index (χ0v) is 11.7. The van der Waals surface area contributed by atoms with Crippen molar-refractivity contribution in [2.75, 3.05) is 0 Å². The minimum absolute atomic E-state index is 0.277. The molecule has 18 heavy (non-hydrogen) atoms. The minimum Gasteiger partial charge on any atom is -0.347 e. The van der Waals surface area contributed by atoms with Crippen LogP contribution < -0.4 is 5.73 Å². The first-order valence-electron chi connectivity index (χ1n) is 7.02. The summed E-state index contributed by atoms with van der Waals surface area (Å²) in [5.74, 6) is 0. The molecule has 0 radical (unpaired) electrons. The number of hydrogen-bond donors (Lipinski definition) is 1. The highest BCUT2D eigenvalue weighted by atomic mass is 14.9. The fraction of sp³-hybridized carbons (Fsp3) is 0.500. The summed E-state index contributed by atoms with van der Waals surface area (Å²) in [7, 11) is 0. The average Bonchev–Trinajstić information content (AvgIpc) is 2.74. The van der Waals surface area contributed by atoms with Crippen LogP contribution in [-0.4, -0.2) is 10.6 Å².